The van der Waals surface area contributed by atoms with Crippen molar-refractivity contribution in [2.45, 2.75) is 13.3 Å². The van der Waals surface area contributed by atoms with E-state index in [1.54, 1.807) is 6.92 Å². The van der Waals surface area contributed by atoms with Crippen LogP contribution in [0.2, 0.25) is 0 Å². The first-order chi connectivity index (χ1) is 8.12. The fourth-order valence-electron chi connectivity index (χ4n) is 1.32. The predicted octanol–water partition coefficient (Wildman–Crippen LogP) is 0.567. The van der Waals surface area contributed by atoms with Crippen LogP contribution in [0.5, 0.6) is 5.75 Å². The van der Waals surface area contributed by atoms with E-state index in [0.717, 1.165) is 6.07 Å². The summed E-state index contributed by atoms with van der Waals surface area (Å²) in [6.45, 7) is 1.90. The van der Waals surface area contributed by atoms with E-state index < -0.39 is 11.6 Å². The minimum atomic E-state index is -0.712. The largest absolute Gasteiger partial charge is 0.496 e. The highest BCUT2D eigenvalue weighted by molar-refractivity contribution is 5.80. The van der Waals surface area contributed by atoms with Crippen molar-refractivity contribution in [1.29, 1.82) is 0 Å². The molecule has 0 aromatic carbocycles. The average molecular weight is 240 g/mol. The molecular weight excluding hydrogens is 228 g/mol. The molecule has 0 amide bonds. The second kappa shape index (κ2) is 5.83. The number of carbonyl (C=O) groups excluding carboxylic acids is 2. The molecule has 0 spiro atoms. The number of ether oxygens (including phenoxy) is 2. The van der Waals surface area contributed by atoms with Crippen LogP contribution in [0, 0.1) is 0 Å². The molecule has 1 aromatic rings. The highest BCUT2D eigenvalue weighted by Crippen LogP contribution is 2.20. The highest BCUT2D eigenvalue weighted by Gasteiger charge is 2.17. The van der Waals surface area contributed by atoms with Gasteiger partial charge in [-0.1, -0.05) is 0 Å². The van der Waals surface area contributed by atoms with Crippen LogP contribution in [-0.2, 0) is 16.0 Å². The van der Waals surface area contributed by atoms with Crippen molar-refractivity contribution in [1.82, 2.24) is 0 Å². The number of methoxy groups -OCH3 is 1. The summed E-state index contributed by atoms with van der Waals surface area (Å²) in [6.07, 6.45) is 0.174. The van der Waals surface area contributed by atoms with Gasteiger partial charge >= 0.3 is 11.6 Å². The summed E-state index contributed by atoms with van der Waals surface area (Å²) in [4.78, 5) is 33.1. The number of hydrogen-bond acceptors (Lipinski definition) is 6. The molecule has 6 heteroatoms. The van der Waals surface area contributed by atoms with E-state index in [0.29, 0.717) is 6.29 Å². The van der Waals surface area contributed by atoms with Crippen molar-refractivity contribution in [3.63, 3.8) is 0 Å². The van der Waals surface area contributed by atoms with Crippen LogP contribution in [0.3, 0.4) is 0 Å². The van der Waals surface area contributed by atoms with Gasteiger partial charge in [-0.2, -0.15) is 0 Å². The lowest BCUT2D eigenvalue weighted by Crippen LogP contribution is -2.13. The molecule has 0 unspecified atom stereocenters. The molecule has 0 fully saturated rings. The molecule has 1 rings (SSSR count). The molecule has 0 aliphatic rings. The minimum absolute atomic E-state index is 0.136. The second-order valence-electron chi connectivity index (χ2n) is 3.08. The van der Waals surface area contributed by atoms with Crippen molar-refractivity contribution >= 4 is 12.3 Å². The molecule has 0 aliphatic carbocycles. The molecule has 0 saturated heterocycles. The predicted molar refractivity (Wildman–Crippen MR) is 57.3 cm³/mol. The molecule has 92 valence electrons. The topological polar surface area (TPSA) is 82.8 Å². The summed E-state index contributed by atoms with van der Waals surface area (Å²) in [5, 5.41) is 0. The van der Waals surface area contributed by atoms with Crippen molar-refractivity contribution < 1.29 is 23.5 Å². The molecule has 0 radical (unpaired) electrons. The van der Waals surface area contributed by atoms with E-state index in [1.807, 2.05) is 0 Å². The van der Waals surface area contributed by atoms with Gasteiger partial charge in [-0.05, 0) is 6.92 Å². The standard InChI is InChI=1S/C11H12O6/c1-3-16-10(13)4-7-8(15-2)5-11(14)17-9(7)6-12/h5-6H,3-4H2,1-2H3. The van der Waals surface area contributed by atoms with E-state index in [9.17, 15) is 14.4 Å². The van der Waals surface area contributed by atoms with Crippen LogP contribution in [-0.4, -0.2) is 26.0 Å². The first-order valence-electron chi connectivity index (χ1n) is 4.94. The maximum atomic E-state index is 11.3. The van der Waals surface area contributed by atoms with E-state index in [1.165, 1.54) is 7.11 Å². The van der Waals surface area contributed by atoms with Crippen LogP contribution >= 0.6 is 0 Å². The number of rotatable bonds is 5. The SMILES string of the molecule is CCOC(=O)Cc1c(OC)cc(=O)oc1C=O. The number of carbonyl (C=O) groups is 2. The van der Waals surface area contributed by atoms with Gasteiger partial charge in [0.2, 0.25) is 0 Å². The first-order valence-corrected chi connectivity index (χ1v) is 4.94. The van der Waals surface area contributed by atoms with Gasteiger partial charge in [0, 0.05) is 0 Å². The van der Waals surface area contributed by atoms with Crippen molar-refractivity contribution in [2.75, 3.05) is 13.7 Å². The van der Waals surface area contributed by atoms with Gasteiger partial charge in [-0.15, -0.1) is 0 Å². The summed E-state index contributed by atoms with van der Waals surface area (Å²) < 4.78 is 14.3. The molecule has 1 heterocycles. The molecule has 0 N–H and O–H groups in total. The van der Waals surface area contributed by atoms with Crippen molar-refractivity contribution in [3.05, 3.63) is 27.8 Å². The lowest BCUT2D eigenvalue weighted by atomic mass is 10.1. The summed E-state index contributed by atoms with van der Waals surface area (Å²) in [5.41, 5.74) is -0.503. The van der Waals surface area contributed by atoms with Crippen LogP contribution in [0.4, 0.5) is 0 Å². The summed E-state index contributed by atoms with van der Waals surface area (Å²) in [5.74, 6) is -0.610. The highest BCUT2D eigenvalue weighted by atomic mass is 16.5. The summed E-state index contributed by atoms with van der Waals surface area (Å²) in [7, 11) is 1.33. The summed E-state index contributed by atoms with van der Waals surface area (Å²) in [6, 6.07) is 1.07. The number of aldehydes is 1. The van der Waals surface area contributed by atoms with Gasteiger partial charge in [0.15, 0.2) is 12.0 Å². The zero-order valence-corrected chi connectivity index (χ0v) is 9.52. The third-order valence-corrected chi connectivity index (χ3v) is 2.01. The Bertz CT molecular complexity index is 473. The van der Waals surface area contributed by atoms with Gasteiger partial charge in [-0.3, -0.25) is 9.59 Å². The Hall–Kier alpha value is -2.11. The monoisotopic (exact) mass is 240 g/mol. The minimum Gasteiger partial charge on any atom is -0.496 e. The van der Waals surface area contributed by atoms with E-state index in [4.69, 9.17) is 9.47 Å². The Labute approximate surface area is 97.1 Å². The van der Waals surface area contributed by atoms with Crippen LogP contribution in [0.15, 0.2) is 15.3 Å². The maximum absolute atomic E-state index is 11.3. The molecule has 1 aromatic heterocycles. The molecule has 0 aliphatic heterocycles. The van der Waals surface area contributed by atoms with E-state index in [-0.39, 0.29) is 30.1 Å². The van der Waals surface area contributed by atoms with E-state index in [2.05, 4.69) is 4.42 Å². The van der Waals surface area contributed by atoms with Crippen LogP contribution < -0.4 is 10.4 Å². The van der Waals surface area contributed by atoms with Crippen molar-refractivity contribution in [3.8, 4) is 5.75 Å². The Morgan fingerprint density at radius 1 is 1.53 bits per heavy atom. The van der Waals surface area contributed by atoms with Gasteiger partial charge < -0.3 is 13.9 Å². The zero-order valence-electron chi connectivity index (χ0n) is 9.52. The second-order valence-corrected chi connectivity index (χ2v) is 3.08. The van der Waals surface area contributed by atoms with Crippen LogP contribution in [0.1, 0.15) is 23.0 Å². The van der Waals surface area contributed by atoms with Gasteiger partial charge in [-0.25, -0.2) is 4.79 Å². The van der Waals surface area contributed by atoms with Gasteiger partial charge in [0.1, 0.15) is 5.75 Å². The van der Waals surface area contributed by atoms with Gasteiger partial charge in [0.25, 0.3) is 0 Å². The fourth-order valence-corrected chi connectivity index (χ4v) is 1.32. The zero-order chi connectivity index (χ0) is 12.8. The molecule has 17 heavy (non-hydrogen) atoms. The molecular formula is C11H12O6. The third kappa shape index (κ3) is 3.17. The fraction of sp³-hybridized carbons (Fsp3) is 0.364. The maximum Gasteiger partial charge on any atom is 0.340 e. The third-order valence-electron chi connectivity index (χ3n) is 2.01. The quantitative estimate of drug-likeness (QED) is 0.552. The van der Waals surface area contributed by atoms with Crippen LogP contribution in [0.25, 0.3) is 0 Å². The molecule has 0 saturated carbocycles. The lowest BCUT2D eigenvalue weighted by molar-refractivity contribution is -0.142. The van der Waals surface area contributed by atoms with Gasteiger partial charge in [0.05, 0.1) is 31.8 Å². The molecule has 0 atom stereocenters. The Balaban J connectivity index is 3.15. The Morgan fingerprint density at radius 2 is 2.24 bits per heavy atom. The normalized spacial score (nSPS) is 9.76. The first kappa shape index (κ1) is 13.0. The Morgan fingerprint density at radius 3 is 2.76 bits per heavy atom. The summed E-state index contributed by atoms with van der Waals surface area (Å²) >= 11 is 0. The molecule has 6 nitrogen and oxygen atoms in total. The van der Waals surface area contributed by atoms with E-state index >= 15 is 0 Å². The smallest absolute Gasteiger partial charge is 0.340 e. The lowest BCUT2D eigenvalue weighted by Gasteiger charge is -2.08. The molecule has 0 bridgehead atoms. The number of hydrogen-bond donors (Lipinski definition) is 0. The average Bonchev–Trinajstić information content (AvgIpc) is 2.31. The van der Waals surface area contributed by atoms with Crippen molar-refractivity contribution in [2.24, 2.45) is 0 Å². The number of esters is 1. The Kier molecular flexibility index (Phi) is 4.45.